The number of allylic oxidation sites excluding steroid dienone is 8. The van der Waals surface area contributed by atoms with Crippen molar-refractivity contribution in [3.63, 3.8) is 0 Å². The molecule has 0 radical (unpaired) electrons. The fraction of sp³-hybridized carbons (Fsp3) is 0.438. The summed E-state index contributed by atoms with van der Waals surface area (Å²) >= 11 is 1.55. The second-order valence-corrected chi connectivity index (χ2v) is 6.84. The average molecular weight is 378 g/mol. The molecule has 0 heterocycles. The molecule has 0 saturated carbocycles. The summed E-state index contributed by atoms with van der Waals surface area (Å²) in [5.74, 6) is 0. The van der Waals surface area contributed by atoms with Crippen molar-refractivity contribution in [3.05, 3.63) is 47.1 Å². The summed E-state index contributed by atoms with van der Waals surface area (Å²) in [5.41, 5.74) is 4.25. The predicted molar refractivity (Wildman–Crippen MR) is 87.8 cm³/mol. The van der Waals surface area contributed by atoms with Gasteiger partial charge in [0.05, 0.1) is 0 Å². The first kappa shape index (κ1) is 24.3. The Labute approximate surface area is 146 Å². The Bertz CT molecular complexity index is 355. The van der Waals surface area contributed by atoms with Crippen LogP contribution >= 0.6 is 24.8 Å². The normalized spacial score (nSPS) is 14.4. The molecule has 3 heteroatoms. The maximum Gasteiger partial charge on any atom is -0.109 e. The molecule has 0 aromatic heterocycles. The Morgan fingerprint density at radius 1 is 1.16 bits per heavy atom. The van der Waals surface area contributed by atoms with Crippen molar-refractivity contribution in [2.45, 2.75) is 47.5 Å². The van der Waals surface area contributed by atoms with Gasteiger partial charge in [0.15, 0.2) is 0 Å². The molecule has 19 heavy (non-hydrogen) atoms. The SMILES string of the molecule is CC1=[C-]CC(C)=C1C.C[C](C)=[Zr+2].Cl.Cl.[C-]1=CC=CC1. The molecule has 0 amide bonds. The van der Waals surface area contributed by atoms with Gasteiger partial charge in [-0.1, -0.05) is 13.8 Å². The van der Waals surface area contributed by atoms with Crippen LogP contribution in [0.25, 0.3) is 0 Å². The molecule has 0 N–H and O–H groups in total. The monoisotopic (exact) mass is 376 g/mol. The molecule has 2 aliphatic carbocycles. The van der Waals surface area contributed by atoms with Crippen molar-refractivity contribution in [2.75, 3.05) is 0 Å². The minimum atomic E-state index is 0. The predicted octanol–water partition coefficient (Wildman–Crippen LogP) is 5.37. The molecule has 106 valence electrons. The minimum Gasteiger partial charge on any atom is -0.273 e. The van der Waals surface area contributed by atoms with Gasteiger partial charge in [0.25, 0.3) is 0 Å². The van der Waals surface area contributed by atoms with Gasteiger partial charge in [0.2, 0.25) is 0 Å². The van der Waals surface area contributed by atoms with Gasteiger partial charge in [-0.05, 0) is 0 Å². The third-order valence-corrected chi connectivity index (χ3v) is 2.41. The van der Waals surface area contributed by atoms with E-state index in [-0.39, 0.29) is 24.8 Å². The first-order chi connectivity index (χ1) is 7.95. The first-order valence-electron chi connectivity index (χ1n) is 5.92. The molecule has 0 aliphatic heterocycles. The van der Waals surface area contributed by atoms with Crippen molar-refractivity contribution in [1.29, 1.82) is 0 Å². The van der Waals surface area contributed by atoms with E-state index in [0.717, 1.165) is 12.8 Å². The van der Waals surface area contributed by atoms with Crippen LogP contribution in [0.1, 0.15) is 47.5 Å². The largest absolute Gasteiger partial charge is 0.273 e. The molecule has 2 aliphatic rings. The van der Waals surface area contributed by atoms with Gasteiger partial charge in [0.1, 0.15) is 0 Å². The Kier molecular flexibility index (Phi) is 18.8. The molecule has 0 nitrogen and oxygen atoms in total. The van der Waals surface area contributed by atoms with E-state index >= 15 is 0 Å². The minimum absolute atomic E-state index is 0. The summed E-state index contributed by atoms with van der Waals surface area (Å²) in [6.07, 6.45) is 14.3. The van der Waals surface area contributed by atoms with E-state index in [2.05, 4.69) is 52.8 Å². The van der Waals surface area contributed by atoms with Gasteiger partial charge in [-0.25, -0.2) is 17.7 Å². The van der Waals surface area contributed by atoms with Crippen LogP contribution in [0.4, 0.5) is 0 Å². The zero-order chi connectivity index (χ0) is 13.3. The molecular weight excluding hydrogens is 354 g/mol. The summed E-state index contributed by atoms with van der Waals surface area (Å²) in [5, 5.41) is 0. The van der Waals surface area contributed by atoms with Crippen LogP contribution in [0.5, 0.6) is 0 Å². The van der Waals surface area contributed by atoms with Crippen molar-refractivity contribution in [3.8, 4) is 0 Å². The van der Waals surface area contributed by atoms with Gasteiger partial charge >= 0.3 is 41.3 Å². The number of hydrogen-bond donors (Lipinski definition) is 0. The second kappa shape index (κ2) is 14.7. The Hall–Kier alpha value is 0.293. The molecule has 0 fully saturated rings. The van der Waals surface area contributed by atoms with Gasteiger partial charge in [0, 0.05) is 0 Å². The van der Waals surface area contributed by atoms with E-state index < -0.39 is 0 Å². The number of hydrogen-bond acceptors (Lipinski definition) is 0. The first-order valence-corrected chi connectivity index (χ1v) is 7.15. The van der Waals surface area contributed by atoms with E-state index in [1.165, 1.54) is 19.9 Å². The van der Waals surface area contributed by atoms with Crippen molar-refractivity contribution >= 4 is 28.0 Å². The number of halogens is 2. The molecule has 0 spiro atoms. The van der Waals surface area contributed by atoms with Crippen LogP contribution in [0, 0.1) is 12.2 Å². The van der Waals surface area contributed by atoms with Gasteiger partial charge in [-0.15, -0.1) is 44.6 Å². The third kappa shape index (κ3) is 14.5. The van der Waals surface area contributed by atoms with Crippen LogP contribution < -0.4 is 0 Å². The molecule has 0 bridgehead atoms. The molecule has 0 saturated heterocycles. The topological polar surface area (TPSA) is 0 Å². The van der Waals surface area contributed by atoms with Crippen LogP contribution in [0.15, 0.2) is 34.9 Å². The Morgan fingerprint density at radius 2 is 1.68 bits per heavy atom. The summed E-state index contributed by atoms with van der Waals surface area (Å²) in [4.78, 5) is 0. The summed E-state index contributed by atoms with van der Waals surface area (Å²) < 4.78 is 1.51. The molecule has 0 aromatic carbocycles. The van der Waals surface area contributed by atoms with Crippen LogP contribution in [0.2, 0.25) is 0 Å². The molecular formula is C16H24Cl2Zr. The van der Waals surface area contributed by atoms with Crippen molar-refractivity contribution < 1.29 is 24.2 Å². The maximum atomic E-state index is 3.26. The smallest absolute Gasteiger partial charge is 0.109 e. The number of rotatable bonds is 0. The average Bonchev–Trinajstić information content (AvgIpc) is 2.88. The second-order valence-electron chi connectivity index (χ2n) is 4.39. The van der Waals surface area contributed by atoms with Gasteiger partial charge in [-0.3, -0.25) is 12.2 Å². The maximum absolute atomic E-state index is 3.26. The molecule has 0 unspecified atom stereocenters. The van der Waals surface area contributed by atoms with E-state index in [9.17, 15) is 0 Å². The van der Waals surface area contributed by atoms with Crippen LogP contribution in [0.3, 0.4) is 0 Å². The zero-order valence-corrected chi connectivity index (χ0v) is 16.6. The van der Waals surface area contributed by atoms with Gasteiger partial charge < -0.3 is 0 Å². The summed E-state index contributed by atoms with van der Waals surface area (Å²) in [6, 6.07) is 0. The van der Waals surface area contributed by atoms with Crippen LogP contribution in [-0.2, 0) is 24.2 Å². The summed E-state index contributed by atoms with van der Waals surface area (Å²) in [6.45, 7) is 10.7. The standard InChI is InChI=1S/C8H11.C5H5.C3H6.2ClH.Zr/c1-6-4-5-7(2)8(6)3;1-2-4-5-3-1;1-3-2;;;/h4H2,1-3H3;1-3H,4H2;1-2H3;2*1H;/q2*-1;;;;+2. The molecule has 2 rings (SSSR count). The van der Waals surface area contributed by atoms with E-state index in [4.69, 9.17) is 0 Å². The van der Waals surface area contributed by atoms with Crippen LogP contribution in [-0.4, -0.2) is 3.21 Å². The van der Waals surface area contributed by atoms with E-state index in [1.54, 1.807) is 24.2 Å². The molecule has 0 aromatic rings. The van der Waals surface area contributed by atoms with Gasteiger partial charge in [-0.2, -0.15) is 17.2 Å². The van der Waals surface area contributed by atoms with Crippen molar-refractivity contribution in [2.24, 2.45) is 0 Å². The third-order valence-electron chi connectivity index (χ3n) is 2.41. The quantitative estimate of drug-likeness (QED) is 0.497. The fourth-order valence-electron chi connectivity index (χ4n) is 1.19. The van der Waals surface area contributed by atoms with E-state index in [0.29, 0.717) is 0 Å². The summed E-state index contributed by atoms with van der Waals surface area (Å²) in [7, 11) is 0. The molecule has 0 atom stereocenters. The van der Waals surface area contributed by atoms with E-state index in [1.807, 2.05) is 12.2 Å². The Morgan fingerprint density at radius 3 is 1.79 bits per heavy atom. The fourth-order valence-corrected chi connectivity index (χ4v) is 1.19. The van der Waals surface area contributed by atoms with Crippen molar-refractivity contribution in [1.82, 2.24) is 0 Å². The zero-order valence-electron chi connectivity index (χ0n) is 12.5. The Balaban J connectivity index is -0.000000206.